The third kappa shape index (κ3) is 2.25. The number of benzene rings is 1. The molecule has 4 nitrogen and oxygen atoms in total. The van der Waals surface area contributed by atoms with Crippen LogP contribution in [0, 0.1) is 0 Å². The number of rotatable bonds is 3. The minimum absolute atomic E-state index is 0.148. The van der Waals surface area contributed by atoms with Gasteiger partial charge in [0.05, 0.1) is 11.1 Å². The summed E-state index contributed by atoms with van der Waals surface area (Å²) < 4.78 is 0. The van der Waals surface area contributed by atoms with Crippen molar-refractivity contribution in [2.24, 2.45) is 0 Å². The SMILES string of the molecule is O=C(NC1(c2ccccc2)CCC1)c1ccc(=O)[nH]c1. The van der Waals surface area contributed by atoms with Crippen molar-refractivity contribution in [2.75, 3.05) is 0 Å². The first-order chi connectivity index (χ1) is 9.70. The van der Waals surface area contributed by atoms with E-state index in [1.54, 1.807) is 6.07 Å². The van der Waals surface area contributed by atoms with Crippen LogP contribution in [-0.4, -0.2) is 10.9 Å². The van der Waals surface area contributed by atoms with Gasteiger partial charge in [0.15, 0.2) is 0 Å². The van der Waals surface area contributed by atoms with Gasteiger partial charge in [0, 0.05) is 12.3 Å². The van der Waals surface area contributed by atoms with Crippen LogP contribution in [0.25, 0.3) is 0 Å². The van der Waals surface area contributed by atoms with E-state index in [0.29, 0.717) is 5.56 Å². The molecule has 1 amide bonds. The highest BCUT2D eigenvalue weighted by molar-refractivity contribution is 5.94. The Balaban J connectivity index is 1.83. The summed E-state index contributed by atoms with van der Waals surface area (Å²) in [6, 6.07) is 13.0. The second-order valence-electron chi connectivity index (χ2n) is 5.20. The lowest BCUT2D eigenvalue weighted by molar-refractivity contribution is 0.0823. The molecule has 1 saturated carbocycles. The maximum absolute atomic E-state index is 12.3. The second-order valence-corrected chi connectivity index (χ2v) is 5.20. The van der Waals surface area contributed by atoms with Crippen LogP contribution in [0.2, 0.25) is 0 Å². The quantitative estimate of drug-likeness (QED) is 0.896. The molecule has 0 unspecified atom stereocenters. The average molecular weight is 268 g/mol. The molecule has 1 heterocycles. The van der Waals surface area contributed by atoms with Crippen molar-refractivity contribution in [3.8, 4) is 0 Å². The van der Waals surface area contributed by atoms with Crippen LogP contribution < -0.4 is 10.9 Å². The van der Waals surface area contributed by atoms with E-state index < -0.39 is 0 Å². The summed E-state index contributed by atoms with van der Waals surface area (Å²) in [4.78, 5) is 25.9. The number of carbonyl (C=O) groups is 1. The molecular formula is C16H16N2O2. The molecule has 0 spiro atoms. The molecule has 20 heavy (non-hydrogen) atoms. The summed E-state index contributed by atoms with van der Waals surface area (Å²) in [5.74, 6) is -0.148. The largest absolute Gasteiger partial charge is 0.342 e. The molecule has 2 N–H and O–H groups in total. The minimum Gasteiger partial charge on any atom is -0.342 e. The summed E-state index contributed by atoms with van der Waals surface area (Å²) in [6.07, 6.45) is 4.47. The molecule has 1 aromatic carbocycles. The van der Waals surface area contributed by atoms with Crippen molar-refractivity contribution in [3.63, 3.8) is 0 Å². The number of hydrogen-bond acceptors (Lipinski definition) is 2. The number of pyridine rings is 1. The molecule has 0 bridgehead atoms. The van der Waals surface area contributed by atoms with Crippen molar-refractivity contribution in [1.82, 2.24) is 10.3 Å². The molecule has 0 radical (unpaired) electrons. The molecule has 2 aromatic rings. The Bertz CT molecular complexity index is 652. The molecule has 102 valence electrons. The van der Waals surface area contributed by atoms with Crippen LogP contribution >= 0.6 is 0 Å². The summed E-state index contributed by atoms with van der Waals surface area (Å²) in [7, 11) is 0. The Morgan fingerprint density at radius 2 is 1.85 bits per heavy atom. The molecule has 1 fully saturated rings. The van der Waals surface area contributed by atoms with Gasteiger partial charge >= 0.3 is 0 Å². The van der Waals surface area contributed by atoms with Crippen LogP contribution in [0.4, 0.5) is 0 Å². The predicted octanol–water partition coefficient (Wildman–Crippen LogP) is 2.18. The fourth-order valence-electron chi connectivity index (χ4n) is 2.61. The minimum atomic E-state index is -0.255. The zero-order valence-electron chi connectivity index (χ0n) is 11.1. The van der Waals surface area contributed by atoms with Crippen molar-refractivity contribution in [1.29, 1.82) is 0 Å². The molecule has 0 saturated heterocycles. The molecule has 0 atom stereocenters. The zero-order valence-corrected chi connectivity index (χ0v) is 11.1. The van der Waals surface area contributed by atoms with Gasteiger partial charge in [0.2, 0.25) is 5.56 Å². The Hall–Kier alpha value is -2.36. The highest BCUT2D eigenvalue weighted by atomic mass is 16.2. The highest BCUT2D eigenvalue weighted by Crippen LogP contribution is 2.41. The number of aromatic amines is 1. The van der Waals surface area contributed by atoms with Gasteiger partial charge in [-0.25, -0.2) is 0 Å². The second kappa shape index (κ2) is 4.96. The summed E-state index contributed by atoms with van der Waals surface area (Å²) in [5, 5.41) is 3.12. The van der Waals surface area contributed by atoms with Gasteiger partial charge in [0.25, 0.3) is 5.91 Å². The standard InChI is InChI=1S/C16H16N2O2/c19-14-8-7-12(11-17-14)15(20)18-16(9-4-10-16)13-5-2-1-3-6-13/h1-3,5-8,11H,4,9-10H2,(H,17,19)(H,18,20). The number of hydrogen-bond donors (Lipinski definition) is 2. The van der Waals surface area contributed by atoms with E-state index in [0.717, 1.165) is 24.8 Å². The fraction of sp³-hybridized carbons (Fsp3) is 0.250. The van der Waals surface area contributed by atoms with Gasteiger partial charge in [-0.05, 0) is 30.9 Å². The van der Waals surface area contributed by atoms with Gasteiger partial charge in [-0.3, -0.25) is 9.59 Å². The van der Waals surface area contributed by atoms with Gasteiger partial charge < -0.3 is 10.3 Å². The molecule has 1 aliphatic rings. The number of carbonyl (C=O) groups excluding carboxylic acids is 1. The van der Waals surface area contributed by atoms with E-state index in [1.165, 1.54) is 12.3 Å². The first-order valence-corrected chi connectivity index (χ1v) is 6.76. The van der Waals surface area contributed by atoms with E-state index in [2.05, 4.69) is 10.3 Å². The van der Waals surface area contributed by atoms with Crippen LogP contribution in [0.15, 0.2) is 53.5 Å². The maximum atomic E-state index is 12.3. The monoisotopic (exact) mass is 268 g/mol. The average Bonchev–Trinajstić information content (AvgIpc) is 2.44. The van der Waals surface area contributed by atoms with Gasteiger partial charge in [-0.1, -0.05) is 30.3 Å². The Kier molecular flexibility index (Phi) is 3.14. The lowest BCUT2D eigenvalue weighted by atomic mass is 9.71. The molecule has 1 aromatic heterocycles. The molecule has 3 rings (SSSR count). The molecule has 0 aliphatic heterocycles. The lowest BCUT2D eigenvalue weighted by Crippen LogP contribution is -2.50. The molecule has 4 heteroatoms. The number of aromatic nitrogens is 1. The molecule has 1 aliphatic carbocycles. The van der Waals surface area contributed by atoms with E-state index in [1.807, 2.05) is 30.3 Å². The van der Waals surface area contributed by atoms with E-state index in [4.69, 9.17) is 0 Å². The number of nitrogens with one attached hydrogen (secondary N) is 2. The summed E-state index contributed by atoms with van der Waals surface area (Å²) >= 11 is 0. The first-order valence-electron chi connectivity index (χ1n) is 6.76. The Morgan fingerprint density at radius 3 is 2.40 bits per heavy atom. The highest BCUT2D eigenvalue weighted by Gasteiger charge is 2.39. The smallest absolute Gasteiger partial charge is 0.253 e. The van der Waals surface area contributed by atoms with Crippen molar-refractivity contribution < 1.29 is 4.79 Å². The van der Waals surface area contributed by atoms with E-state index in [-0.39, 0.29) is 17.0 Å². The predicted molar refractivity (Wildman–Crippen MR) is 76.5 cm³/mol. The number of amides is 1. The Labute approximate surface area is 116 Å². The van der Waals surface area contributed by atoms with Crippen LogP contribution in [0.5, 0.6) is 0 Å². The normalized spacial score (nSPS) is 16.2. The van der Waals surface area contributed by atoms with Gasteiger partial charge in [-0.2, -0.15) is 0 Å². The molecular weight excluding hydrogens is 252 g/mol. The van der Waals surface area contributed by atoms with E-state index in [9.17, 15) is 9.59 Å². The third-order valence-electron chi connectivity index (χ3n) is 3.93. The van der Waals surface area contributed by atoms with Gasteiger partial charge in [-0.15, -0.1) is 0 Å². The topological polar surface area (TPSA) is 62.0 Å². The summed E-state index contributed by atoms with van der Waals surface area (Å²) in [5.41, 5.74) is 1.16. The van der Waals surface area contributed by atoms with Gasteiger partial charge in [0.1, 0.15) is 0 Å². The van der Waals surface area contributed by atoms with Crippen LogP contribution in [0.1, 0.15) is 35.2 Å². The van der Waals surface area contributed by atoms with Crippen LogP contribution in [-0.2, 0) is 5.54 Å². The van der Waals surface area contributed by atoms with Crippen LogP contribution in [0.3, 0.4) is 0 Å². The number of H-pyrrole nitrogens is 1. The summed E-state index contributed by atoms with van der Waals surface area (Å²) in [6.45, 7) is 0. The fourth-order valence-corrected chi connectivity index (χ4v) is 2.61. The van der Waals surface area contributed by atoms with E-state index >= 15 is 0 Å². The van der Waals surface area contributed by atoms with Crippen molar-refractivity contribution >= 4 is 5.91 Å². The first kappa shape index (κ1) is 12.7. The van der Waals surface area contributed by atoms with Crippen molar-refractivity contribution in [2.45, 2.75) is 24.8 Å². The third-order valence-corrected chi connectivity index (χ3v) is 3.93. The van der Waals surface area contributed by atoms with Crippen molar-refractivity contribution in [3.05, 3.63) is 70.1 Å². The Morgan fingerprint density at radius 1 is 1.10 bits per heavy atom. The zero-order chi connectivity index (χ0) is 14.0. The lowest BCUT2D eigenvalue weighted by Gasteiger charge is -2.43. The maximum Gasteiger partial charge on any atom is 0.253 e.